The maximum absolute atomic E-state index is 10.2. The Labute approximate surface area is 110 Å². The Hall–Kier alpha value is -1.06. The van der Waals surface area contributed by atoms with E-state index in [0.29, 0.717) is 12.5 Å². The Morgan fingerprint density at radius 1 is 1.28 bits per heavy atom. The van der Waals surface area contributed by atoms with E-state index in [1.807, 2.05) is 31.2 Å². The van der Waals surface area contributed by atoms with E-state index in [1.165, 1.54) is 5.56 Å². The SMILES string of the molecule is COc1ccc(CNCC(C)(O)CC(C)C)cc1. The van der Waals surface area contributed by atoms with E-state index >= 15 is 0 Å². The monoisotopic (exact) mass is 251 g/mol. The highest BCUT2D eigenvalue weighted by molar-refractivity contribution is 5.26. The van der Waals surface area contributed by atoms with Crippen molar-refractivity contribution in [3.8, 4) is 5.75 Å². The molecule has 102 valence electrons. The first-order valence-corrected chi connectivity index (χ1v) is 6.49. The number of rotatable bonds is 7. The van der Waals surface area contributed by atoms with Crippen LogP contribution in [0.1, 0.15) is 32.8 Å². The molecule has 3 nitrogen and oxygen atoms in total. The van der Waals surface area contributed by atoms with Crippen LogP contribution in [0.4, 0.5) is 0 Å². The van der Waals surface area contributed by atoms with Crippen molar-refractivity contribution in [3.63, 3.8) is 0 Å². The highest BCUT2D eigenvalue weighted by Gasteiger charge is 2.20. The van der Waals surface area contributed by atoms with Gasteiger partial charge in [0.25, 0.3) is 0 Å². The van der Waals surface area contributed by atoms with E-state index in [9.17, 15) is 5.11 Å². The summed E-state index contributed by atoms with van der Waals surface area (Å²) in [6.07, 6.45) is 0.808. The number of hydrogen-bond acceptors (Lipinski definition) is 3. The molecule has 0 heterocycles. The highest BCUT2D eigenvalue weighted by Crippen LogP contribution is 2.15. The van der Waals surface area contributed by atoms with Gasteiger partial charge in [0, 0.05) is 13.1 Å². The van der Waals surface area contributed by atoms with Crippen molar-refractivity contribution in [1.29, 1.82) is 0 Å². The minimum atomic E-state index is -0.638. The van der Waals surface area contributed by atoms with E-state index in [-0.39, 0.29) is 0 Å². The molecule has 1 unspecified atom stereocenters. The minimum absolute atomic E-state index is 0.503. The quantitative estimate of drug-likeness (QED) is 0.782. The smallest absolute Gasteiger partial charge is 0.118 e. The van der Waals surface area contributed by atoms with Gasteiger partial charge in [-0.05, 0) is 37.0 Å². The molecule has 0 spiro atoms. The predicted molar refractivity (Wildman–Crippen MR) is 74.8 cm³/mol. The van der Waals surface area contributed by atoms with Crippen molar-refractivity contribution in [2.24, 2.45) is 5.92 Å². The topological polar surface area (TPSA) is 41.5 Å². The van der Waals surface area contributed by atoms with Gasteiger partial charge in [-0.2, -0.15) is 0 Å². The summed E-state index contributed by atoms with van der Waals surface area (Å²) < 4.78 is 5.11. The number of hydrogen-bond donors (Lipinski definition) is 2. The highest BCUT2D eigenvalue weighted by atomic mass is 16.5. The summed E-state index contributed by atoms with van der Waals surface area (Å²) in [4.78, 5) is 0. The Balaban J connectivity index is 2.36. The van der Waals surface area contributed by atoms with E-state index in [4.69, 9.17) is 4.74 Å². The molecule has 0 amide bonds. The van der Waals surface area contributed by atoms with Crippen LogP contribution >= 0.6 is 0 Å². The first kappa shape index (κ1) is 15.0. The fraction of sp³-hybridized carbons (Fsp3) is 0.600. The van der Waals surface area contributed by atoms with Crippen molar-refractivity contribution < 1.29 is 9.84 Å². The van der Waals surface area contributed by atoms with Crippen molar-refractivity contribution in [2.45, 2.75) is 39.3 Å². The van der Waals surface area contributed by atoms with Gasteiger partial charge >= 0.3 is 0 Å². The van der Waals surface area contributed by atoms with Crippen molar-refractivity contribution in [3.05, 3.63) is 29.8 Å². The largest absolute Gasteiger partial charge is 0.497 e. The van der Waals surface area contributed by atoms with Crippen LogP contribution in [0.5, 0.6) is 5.75 Å². The van der Waals surface area contributed by atoms with Gasteiger partial charge in [0.2, 0.25) is 0 Å². The maximum Gasteiger partial charge on any atom is 0.118 e. The van der Waals surface area contributed by atoms with Crippen LogP contribution in [-0.2, 0) is 6.54 Å². The van der Waals surface area contributed by atoms with Gasteiger partial charge in [-0.1, -0.05) is 26.0 Å². The van der Waals surface area contributed by atoms with Crippen LogP contribution in [-0.4, -0.2) is 24.4 Å². The van der Waals surface area contributed by atoms with Gasteiger partial charge < -0.3 is 15.2 Å². The molecule has 0 aliphatic rings. The van der Waals surface area contributed by atoms with Gasteiger partial charge in [0.15, 0.2) is 0 Å². The molecule has 1 atom stereocenters. The molecule has 18 heavy (non-hydrogen) atoms. The second kappa shape index (κ2) is 6.76. The lowest BCUT2D eigenvalue weighted by Gasteiger charge is -2.25. The number of aliphatic hydroxyl groups is 1. The summed E-state index contributed by atoms with van der Waals surface area (Å²) in [5, 5.41) is 13.5. The molecule has 0 aliphatic carbocycles. The van der Waals surface area contributed by atoms with Crippen LogP contribution in [0.2, 0.25) is 0 Å². The summed E-state index contributed by atoms with van der Waals surface area (Å²) in [6, 6.07) is 7.96. The fourth-order valence-corrected chi connectivity index (χ4v) is 2.17. The van der Waals surface area contributed by atoms with Gasteiger partial charge in [-0.3, -0.25) is 0 Å². The summed E-state index contributed by atoms with van der Waals surface area (Å²) >= 11 is 0. The molecular formula is C15H25NO2. The lowest BCUT2D eigenvalue weighted by Crippen LogP contribution is -2.38. The van der Waals surface area contributed by atoms with E-state index in [0.717, 1.165) is 18.7 Å². The molecule has 0 saturated heterocycles. The van der Waals surface area contributed by atoms with Crippen LogP contribution in [0.15, 0.2) is 24.3 Å². The van der Waals surface area contributed by atoms with Crippen LogP contribution in [0.3, 0.4) is 0 Å². The molecule has 0 bridgehead atoms. The lowest BCUT2D eigenvalue weighted by molar-refractivity contribution is 0.0383. The Morgan fingerprint density at radius 2 is 1.89 bits per heavy atom. The fourth-order valence-electron chi connectivity index (χ4n) is 2.17. The van der Waals surface area contributed by atoms with Gasteiger partial charge in [0.05, 0.1) is 12.7 Å². The summed E-state index contributed by atoms with van der Waals surface area (Å²) in [6.45, 7) is 7.50. The first-order chi connectivity index (χ1) is 8.43. The van der Waals surface area contributed by atoms with Crippen LogP contribution in [0.25, 0.3) is 0 Å². The normalized spacial score (nSPS) is 14.6. The third-order valence-electron chi connectivity index (χ3n) is 2.84. The molecule has 0 saturated carbocycles. The molecule has 3 heteroatoms. The van der Waals surface area contributed by atoms with Gasteiger partial charge in [0.1, 0.15) is 5.75 Å². The maximum atomic E-state index is 10.2. The molecule has 1 rings (SSSR count). The Bertz CT molecular complexity index is 344. The van der Waals surface area contributed by atoms with Crippen molar-refractivity contribution in [1.82, 2.24) is 5.32 Å². The average molecular weight is 251 g/mol. The molecule has 1 aromatic carbocycles. The Kier molecular flexibility index (Phi) is 5.63. The minimum Gasteiger partial charge on any atom is -0.497 e. The second-order valence-electron chi connectivity index (χ2n) is 5.55. The number of nitrogens with one attached hydrogen (secondary N) is 1. The average Bonchev–Trinajstić information content (AvgIpc) is 2.28. The zero-order valence-corrected chi connectivity index (χ0v) is 11.9. The number of ether oxygens (including phenoxy) is 1. The molecule has 2 N–H and O–H groups in total. The second-order valence-corrected chi connectivity index (χ2v) is 5.55. The molecule has 0 aliphatic heterocycles. The molecule has 0 aromatic heterocycles. The standard InChI is InChI=1S/C15H25NO2/c1-12(2)9-15(3,17)11-16-10-13-5-7-14(18-4)8-6-13/h5-8,12,16-17H,9-11H2,1-4H3. The van der Waals surface area contributed by atoms with Crippen molar-refractivity contribution in [2.75, 3.05) is 13.7 Å². The number of methoxy groups -OCH3 is 1. The Morgan fingerprint density at radius 3 is 2.39 bits per heavy atom. The zero-order chi connectivity index (χ0) is 13.6. The van der Waals surface area contributed by atoms with Gasteiger partial charge in [-0.15, -0.1) is 0 Å². The summed E-state index contributed by atoms with van der Waals surface area (Å²) in [5.41, 5.74) is 0.553. The van der Waals surface area contributed by atoms with Crippen LogP contribution < -0.4 is 10.1 Å². The van der Waals surface area contributed by atoms with Crippen molar-refractivity contribution >= 4 is 0 Å². The van der Waals surface area contributed by atoms with Gasteiger partial charge in [-0.25, -0.2) is 0 Å². The van der Waals surface area contributed by atoms with E-state index in [1.54, 1.807) is 7.11 Å². The van der Waals surface area contributed by atoms with E-state index in [2.05, 4.69) is 19.2 Å². The third kappa shape index (κ3) is 5.52. The molecule has 0 radical (unpaired) electrons. The number of benzene rings is 1. The molecule has 0 fully saturated rings. The zero-order valence-electron chi connectivity index (χ0n) is 11.9. The summed E-state index contributed by atoms with van der Waals surface area (Å²) in [7, 11) is 1.66. The predicted octanol–water partition coefficient (Wildman–Crippen LogP) is 2.58. The first-order valence-electron chi connectivity index (χ1n) is 6.49. The molecule has 1 aromatic rings. The lowest BCUT2D eigenvalue weighted by atomic mass is 9.94. The van der Waals surface area contributed by atoms with E-state index < -0.39 is 5.60 Å². The third-order valence-corrected chi connectivity index (χ3v) is 2.84. The summed E-state index contributed by atoms with van der Waals surface area (Å²) in [5.74, 6) is 1.37. The molecular weight excluding hydrogens is 226 g/mol. The van der Waals surface area contributed by atoms with Crippen LogP contribution in [0, 0.1) is 5.92 Å².